The smallest absolute Gasteiger partial charge is 0.214 e. The number of thiazole rings is 1. The minimum absolute atomic E-state index is 0.105. The molecule has 0 unspecified atom stereocenters. The molecule has 0 spiro atoms. The van der Waals surface area contributed by atoms with Crippen molar-refractivity contribution in [3.63, 3.8) is 0 Å². The number of rotatable bonds is 10. The standard InChI is InChI=1S/C31H35N5O4S/c1-31(2,3)27-19-23(34-40-27)18-24(37)17-21-5-7-22(8-6-21)25-20-36-26-9-10-28(33-29(26)41-30(36)32-25)39-14-4-11-35-12-15-38-16-13-35/h5-10,19-20H,4,11-18H2,1-3H3. The average molecular weight is 574 g/mol. The lowest BCUT2D eigenvalue weighted by Crippen LogP contribution is -2.37. The van der Waals surface area contributed by atoms with Crippen LogP contribution in [0.4, 0.5) is 0 Å². The molecule has 0 amide bonds. The molecule has 5 heterocycles. The van der Waals surface area contributed by atoms with Gasteiger partial charge in [-0.25, -0.2) is 9.97 Å². The van der Waals surface area contributed by atoms with Crippen LogP contribution < -0.4 is 4.74 Å². The molecule has 0 bridgehead atoms. The number of morpholine rings is 1. The molecule has 1 saturated heterocycles. The van der Waals surface area contributed by atoms with E-state index in [2.05, 4.69) is 35.2 Å². The summed E-state index contributed by atoms with van der Waals surface area (Å²) in [6.07, 6.45) is 3.62. The summed E-state index contributed by atoms with van der Waals surface area (Å²) in [4.78, 5) is 26.4. The molecular weight excluding hydrogens is 538 g/mol. The molecule has 6 rings (SSSR count). The second-order valence-electron chi connectivity index (χ2n) is 11.5. The zero-order valence-electron chi connectivity index (χ0n) is 23.8. The van der Waals surface area contributed by atoms with Crippen LogP contribution in [0.15, 0.2) is 53.2 Å². The molecule has 1 aliphatic heterocycles. The Morgan fingerprint density at radius 1 is 1.05 bits per heavy atom. The Kier molecular flexibility index (Phi) is 7.88. The van der Waals surface area contributed by atoms with Gasteiger partial charge >= 0.3 is 0 Å². The van der Waals surface area contributed by atoms with Crippen molar-refractivity contribution in [3.8, 4) is 17.1 Å². The number of aromatic nitrogens is 4. The number of fused-ring (bicyclic) bond motifs is 3. The molecule has 0 radical (unpaired) electrons. The zero-order valence-corrected chi connectivity index (χ0v) is 24.6. The van der Waals surface area contributed by atoms with Gasteiger partial charge in [0.1, 0.15) is 16.4 Å². The molecule has 0 saturated carbocycles. The number of imidazole rings is 1. The molecule has 0 aliphatic carbocycles. The van der Waals surface area contributed by atoms with Gasteiger partial charge in [-0.1, -0.05) is 61.5 Å². The number of benzene rings is 1. The summed E-state index contributed by atoms with van der Waals surface area (Å²) >= 11 is 1.55. The van der Waals surface area contributed by atoms with E-state index < -0.39 is 0 Å². The van der Waals surface area contributed by atoms with Gasteiger partial charge in [0.15, 0.2) is 4.96 Å². The Labute approximate surface area is 243 Å². The number of hydrogen-bond acceptors (Lipinski definition) is 9. The average Bonchev–Trinajstić information content (AvgIpc) is 3.67. The van der Waals surface area contributed by atoms with Gasteiger partial charge in [0.2, 0.25) is 5.88 Å². The van der Waals surface area contributed by atoms with Crippen molar-refractivity contribution < 1.29 is 18.8 Å². The van der Waals surface area contributed by atoms with E-state index in [0.29, 0.717) is 24.6 Å². The van der Waals surface area contributed by atoms with Gasteiger partial charge in [0.05, 0.1) is 43.1 Å². The van der Waals surface area contributed by atoms with Crippen LogP contribution in [0.25, 0.3) is 26.6 Å². The Morgan fingerprint density at radius 3 is 2.61 bits per heavy atom. The fraction of sp³-hybridized carbons (Fsp3) is 0.419. The van der Waals surface area contributed by atoms with Crippen LogP contribution in [0.1, 0.15) is 44.2 Å². The van der Waals surface area contributed by atoms with Crippen molar-refractivity contribution in [1.82, 2.24) is 24.4 Å². The number of ether oxygens (including phenoxy) is 2. The summed E-state index contributed by atoms with van der Waals surface area (Å²) in [5.74, 6) is 1.54. The summed E-state index contributed by atoms with van der Waals surface area (Å²) in [5, 5.41) is 4.07. The Hall–Kier alpha value is -3.60. The van der Waals surface area contributed by atoms with Gasteiger partial charge in [-0.15, -0.1) is 0 Å². The molecule has 41 heavy (non-hydrogen) atoms. The van der Waals surface area contributed by atoms with Gasteiger partial charge in [0.25, 0.3) is 0 Å². The number of nitrogens with zero attached hydrogens (tertiary/aromatic N) is 5. The lowest BCUT2D eigenvalue weighted by Gasteiger charge is -2.26. The van der Waals surface area contributed by atoms with E-state index in [1.807, 2.05) is 48.7 Å². The molecule has 4 aromatic heterocycles. The second-order valence-corrected chi connectivity index (χ2v) is 12.5. The third-order valence-corrected chi connectivity index (χ3v) is 8.20. The van der Waals surface area contributed by atoms with Crippen molar-refractivity contribution in [2.45, 2.75) is 45.4 Å². The first-order valence-electron chi connectivity index (χ1n) is 14.1. The number of Topliss-reactive ketones (excluding diaryl/α,β-unsaturated/α-hetero) is 1. The SMILES string of the molecule is CC(C)(C)c1cc(CC(=O)Cc2ccc(-c3cn4c(n3)sc3nc(OCCCN5CCOCC5)ccc34)cc2)no1. The van der Waals surface area contributed by atoms with Crippen molar-refractivity contribution in [1.29, 1.82) is 0 Å². The Morgan fingerprint density at radius 2 is 1.85 bits per heavy atom. The molecule has 1 fully saturated rings. The molecule has 1 aliphatic rings. The number of pyridine rings is 1. The van der Waals surface area contributed by atoms with E-state index in [9.17, 15) is 4.79 Å². The van der Waals surface area contributed by atoms with Gasteiger partial charge in [0, 0.05) is 55.4 Å². The maximum absolute atomic E-state index is 12.6. The third kappa shape index (κ3) is 6.50. The van der Waals surface area contributed by atoms with Gasteiger partial charge in [-0.05, 0) is 18.1 Å². The van der Waals surface area contributed by atoms with E-state index in [1.165, 1.54) is 0 Å². The summed E-state index contributed by atoms with van der Waals surface area (Å²) in [6.45, 7) is 11.5. The fourth-order valence-electron chi connectivity index (χ4n) is 4.91. The van der Waals surface area contributed by atoms with Crippen LogP contribution in [0.5, 0.6) is 5.88 Å². The predicted octanol–water partition coefficient (Wildman–Crippen LogP) is 5.35. The van der Waals surface area contributed by atoms with E-state index in [1.54, 1.807) is 11.3 Å². The van der Waals surface area contributed by atoms with Crippen LogP contribution in [-0.4, -0.2) is 69.7 Å². The monoisotopic (exact) mass is 573 g/mol. The summed E-state index contributed by atoms with van der Waals surface area (Å²) < 4.78 is 18.8. The van der Waals surface area contributed by atoms with Crippen LogP contribution in [0.3, 0.4) is 0 Å². The topological polar surface area (TPSA) is 95.0 Å². The largest absolute Gasteiger partial charge is 0.478 e. The summed E-state index contributed by atoms with van der Waals surface area (Å²) in [6, 6.07) is 13.9. The van der Waals surface area contributed by atoms with Gasteiger partial charge in [-0.3, -0.25) is 14.1 Å². The van der Waals surface area contributed by atoms with E-state index >= 15 is 0 Å². The minimum atomic E-state index is -0.130. The Bertz CT molecular complexity index is 1640. The maximum atomic E-state index is 12.6. The van der Waals surface area contributed by atoms with Crippen molar-refractivity contribution in [3.05, 3.63) is 65.7 Å². The highest BCUT2D eigenvalue weighted by molar-refractivity contribution is 7.23. The molecule has 0 N–H and O–H groups in total. The molecule has 5 aromatic rings. The van der Waals surface area contributed by atoms with E-state index in [4.69, 9.17) is 24.0 Å². The normalized spacial score (nSPS) is 14.7. The molecule has 0 atom stereocenters. The second kappa shape index (κ2) is 11.7. The Balaban J connectivity index is 1.06. The summed E-state index contributed by atoms with van der Waals surface area (Å²) in [7, 11) is 0. The van der Waals surface area contributed by atoms with Crippen LogP contribution in [0.2, 0.25) is 0 Å². The third-order valence-electron chi connectivity index (χ3n) is 7.24. The number of ketones is 1. The van der Waals surface area contributed by atoms with Crippen LogP contribution >= 0.6 is 11.3 Å². The highest BCUT2D eigenvalue weighted by Crippen LogP contribution is 2.30. The van der Waals surface area contributed by atoms with E-state index in [0.717, 1.165) is 77.2 Å². The highest BCUT2D eigenvalue weighted by atomic mass is 32.1. The van der Waals surface area contributed by atoms with Crippen molar-refractivity contribution in [2.24, 2.45) is 0 Å². The van der Waals surface area contributed by atoms with Crippen molar-refractivity contribution in [2.75, 3.05) is 39.5 Å². The van der Waals surface area contributed by atoms with Gasteiger partial charge in [-0.2, -0.15) is 0 Å². The number of carbonyl (C=O) groups excluding carboxylic acids is 1. The lowest BCUT2D eigenvalue weighted by molar-refractivity contribution is -0.117. The zero-order chi connectivity index (χ0) is 28.4. The molecule has 10 heteroatoms. The quantitative estimate of drug-likeness (QED) is 0.206. The number of hydrogen-bond donors (Lipinski definition) is 0. The van der Waals surface area contributed by atoms with Crippen LogP contribution in [0, 0.1) is 0 Å². The molecular formula is C31H35N5O4S. The highest BCUT2D eigenvalue weighted by Gasteiger charge is 2.20. The van der Waals surface area contributed by atoms with Crippen molar-refractivity contribution >= 4 is 32.4 Å². The van der Waals surface area contributed by atoms with E-state index in [-0.39, 0.29) is 17.6 Å². The van der Waals surface area contributed by atoms with Gasteiger partial charge < -0.3 is 14.0 Å². The molecule has 9 nitrogen and oxygen atoms in total. The first-order chi connectivity index (χ1) is 19.8. The molecule has 214 valence electrons. The first kappa shape index (κ1) is 27.6. The maximum Gasteiger partial charge on any atom is 0.214 e. The lowest BCUT2D eigenvalue weighted by atomic mass is 9.93. The predicted molar refractivity (Wildman–Crippen MR) is 159 cm³/mol. The van der Waals surface area contributed by atoms with Crippen LogP contribution in [-0.2, 0) is 27.8 Å². The summed E-state index contributed by atoms with van der Waals surface area (Å²) in [5.41, 5.74) is 4.41. The fourth-order valence-corrected chi connectivity index (χ4v) is 5.89. The molecule has 1 aromatic carbocycles. The minimum Gasteiger partial charge on any atom is -0.478 e. The first-order valence-corrected chi connectivity index (χ1v) is 14.9. The number of carbonyl (C=O) groups is 1.